The predicted molar refractivity (Wildman–Crippen MR) is 58.6 cm³/mol. The summed E-state index contributed by atoms with van der Waals surface area (Å²) in [5.74, 6) is 0. The molecule has 2 atom stereocenters. The SMILES string of the molecule is Cn1cc(CCN[C@@H]2CCC[C@H]2O)cn1. The van der Waals surface area contributed by atoms with Gasteiger partial charge in [0.1, 0.15) is 0 Å². The highest BCUT2D eigenvalue weighted by atomic mass is 16.3. The molecule has 0 spiro atoms. The van der Waals surface area contributed by atoms with E-state index < -0.39 is 0 Å². The van der Waals surface area contributed by atoms with Crippen LogP contribution in [0, 0.1) is 0 Å². The molecule has 84 valence electrons. The van der Waals surface area contributed by atoms with Gasteiger partial charge in [0.15, 0.2) is 0 Å². The summed E-state index contributed by atoms with van der Waals surface area (Å²) in [6.07, 6.45) is 7.97. The first-order chi connectivity index (χ1) is 7.25. The lowest BCUT2D eigenvalue weighted by atomic mass is 10.2. The van der Waals surface area contributed by atoms with Crippen molar-refractivity contribution in [2.75, 3.05) is 6.54 Å². The second-order valence-electron chi connectivity index (χ2n) is 4.33. The lowest BCUT2D eigenvalue weighted by Crippen LogP contribution is -2.36. The Morgan fingerprint density at radius 2 is 2.47 bits per heavy atom. The summed E-state index contributed by atoms with van der Waals surface area (Å²) in [5, 5.41) is 17.1. The number of hydrogen-bond donors (Lipinski definition) is 2. The van der Waals surface area contributed by atoms with E-state index in [1.807, 2.05) is 24.1 Å². The van der Waals surface area contributed by atoms with Gasteiger partial charge in [0.2, 0.25) is 0 Å². The minimum absolute atomic E-state index is 0.140. The van der Waals surface area contributed by atoms with Crippen LogP contribution in [0.5, 0.6) is 0 Å². The van der Waals surface area contributed by atoms with Gasteiger partial charge in [0.05, 0.1) is 12.3 Å². The number of rotatable bonds is 4. The van der Waals surface area contributed by atoms with Crippen LogP contribution in [-0.2, 0) is 13.5 Å². The van der Waals surface area contributed by atoms with E-state index in [9.17, 15) is 5.11 Å². The zero-order valence-electron chi connectivity index (χ0n) is 9.19. The Morgan fingerprint density at radius 3 is 3.07 bits per heavy atom. The fourth-order valence-electron chi connectivity index (χ4n) is 2.18. The first-order valence-electron chi connectivity index (χ1n) is 5.64. The van der Waals surface area contributed by atoms with Crippen LogP contribution in [0.4, 0.5) is 0 Å². The van der Waals surface area contributed by atoms with Crippen LogP contribution in [0.15, 0.2) is 12.4 Å². The summed E-state index contributed by atoms with van der Waals surface area (Å²) in [6, 6.07) is 0.307. The molecule has 0 aliphatic heterocycles. The molecule has 2 N–H and O–H groups in total. The molecule has 15 heavy (non-hydrogen) atoms. The van der Waals surface area contributed by atoms with Crippen LogP contribution in [0.3, 0.4) is 0 Å². The molecular weight excluding hydrogens is 190 g/mol. The van der Waals surface area contributed by atoms with Crippen LogP contribution in [0.25, 0.3) is 0 Å². The molecule has 0 saturated heterocycles. The Labute approximate surface area is 90.3 Å². The van der Waals surface area contributed by atoms with Gasteiger partial charge in [-0.15, -0.1) is 0 Å². The summed E-state index contributed by atoms with van der Waals surface area (Å²) in [4.78, 5) is 0. The van der Waals surface area contributed by atoms with Gasteiger partial charge in [-0.05, 0) is 37.8 Å². The van der Waals surface area contributed by atoms with Crippen LogP contribution >= 0.6 is 0 Å². The monoisotopic (exact) mass is 209 g/mol. The first-order valence-corrected chi connectivity index (χ1v) is 5.64. The molecular formula is C11H19N3O. The van der Waals surface area contributed by atoms with E-state index in [2.05, 4.69) is 10.4 Å². The molecule has 0 aromatic carbocycles. The van der Waals surface area contributed by atoms with Crippen molar-refractivity contribution in [3.63, 3.8) is 0 Å². The van der Waals surface area contributed by atoms with E-state index in [0.717, 1.165) is 32.2 Å². The van der Waals surface area contributed by atoms with E-state index in [0.29, 0.717) is 6.04 Å². The van der Waals surface area contributed by atoms with Gasteiger partial charge >= 0.3 is 0 Å². The van der Waals surface area contributed by atoms with Gasteiger partial charge in [0.25, 0.3) is 0 Å². The first kappa shape index (κ1) is 10.6. The molecule has 4 heteroatoms. The summed E-state index contributed by atoms with van der Waals surface area (Å²) < 4.78 is 1.82. The maximum atomic E-state index is 9.61. The predicted octanol–water partition coefficient (Wildman–Crippen LogP) is 0.466. The van der Waals surface area contributed by atoms with Gasteiger partial charge < -0.3 is 10.4 Å². The van der Waals surface area contributed by atoms with Crippen molar-refractivity contribution in [3.8, 4) is 0 Å². The van der Waals surface area contributed by atoms with E-state index in [1.54, 1.807) is 0 Å². The Balaban J connectivity index is 1.70. The third kappa shape index (κ3) is 2.79. The highest BCUT2D eigenvalue weighted by Crippen LogP contribution is 2.18. The minimum atomic E-state index is -0.140. The number of nitrogens with zero attached hydrogens (tertiary/aromatic N) is 2. The number of aromatic nitrogens is 2. The van der Waals surface area contributed by atoms with E-state index in [4.69, 9.17) is 0 Å². The normalized spacial score (nSPS) is 26.0. The maximum absolute atomic E-state index is 9.61. The van der Waals surface area contributed by atoms with Gasteiger partial charge in [-0.3, -0.25) is 4.68 Å². The van der Waals surface area contributed by atoms with Crippen LogP contribution in [0.1, 0.15) is 24.8 Å². The largest absolute Gasteiger partial charge is 0.392 e. The number of aliphatic hydroxyl groups excluding tert-OH is 1. The highest BCUT2D eigenvalue weighted by Gasteiger charge is 2.23. The second-order valence-corrected chi connectivity index (χ2v) is 4.33. The fourth-order valence-corrected chi connectivity index (χ4v) is 2.18. The highest BCUT2D eigenvalue weighted by molar-refractivity contribution is 5.04. The van der Waals surface area contributed by atoms with E-state index >= 15 is 0 Å². The van der Waals surface area contributed by atoms with Crippen LogP contribution < -0.4 is 5.32 Å². The third-order valence-electron chi connectivity index (χ3n) is 3.06. The molecule has 1 aliphatic rings. The average Bonchev–Trinajstić information content (AvgIpc) is 2.77. The number of aliphatic hydroxyl groups is 1. The molecule has 4 nitrogen and oxygen atoms in total. The topological polar surface area (TPSA) is 50.1 Å². The van der Waals surface area contributed by atoms with Crippen molar-refractivity contribution in [2.24, 2.45) is 7.05 Å². The van der Waals surface area contributed by atoms with Gasteiger partial charge in [-0.25, -0.2) is 0 Å². The molecule has 0 bridgehead atoms. The molecule has 1 fully saturated rings. The van der Waals surface area contributed by atoms with Gasteiger partial charge in [-0.2, -0.15) is 5.10 Å². The summed E-state index contributed by atoms with van der Waals surface area (Å²) in [7, 11) is 1.93. The molecule has 0 unspecified atom stereocenters. The summed E-state index contributed by atoms with van der Waals surface area (Å²) >= 11 is 0. The summed E-state index contributed by atoms with van der Waals surface area (Å²) in [5.41, 5.74) is 1.25. The Hall–Kier alpha value is -0.870. The molecule has 1 aromatic rings. The molecule has 1 saturated carbocycles. The molecule has 2 rings (SSSR count). The average molecular weight is 209 g/mol. The Bertz CT molecular complexity index is 311. The third-order valence-corrected chi connectivity index (χ3v) is 3.06. The van der Waals surface area contributed by atoms with Crippen molar-refractivity contribution >= 4 is 0 Å². The zero-order valence-corrected chi connectivity index (χ0v) is 9.19. The van der Waals surface area contributed by atoms with Crippen molar-refractivity contribution in [1.29, 1.82) is 0 Å². The molecule has 1 aromatic heterocycles. The Kier molecular flexibility index (Phi) is 3.38. The van der Waals surface area contributed by atoms with Crippen molar-refractivity contribution < 1.29 is 5.11 Å². The maximum Gasteiger partial charge on any atom is 0.0693 e. The molecule has 1 heterocycles. The lowest BCUT2D eigenvalue weighted by molar-refractivity contribution is 0.149. The molecule has 0 amide bonds. The second kappa shape index (κ2) is 4.77. The van der Waals surface area contributed by atoms with Crippen molar-refractivity contribution in [1.82, 2.24) is 15.1 Å². The van der Waals surface area contributed by atoms with Crippen molar-refractivity contribution in [2.45, 2.75) is 37.8 Å². The van der Waals surface area contributed by atoms with E-state index in [-0.39, 0.29) is 6.10 Å². The van der Waals surface area contributed by atoms with Gasteiger partial charge in [0, 0.05) is 19.3 Å². The quantitative estimate of drug-likeness (QED) is 0.757. The molecule has 1 aliphatic carbocycles. The smallest absolute Gasteiger partial charge is 0.0693 e. The minimum Gasteiger partial charge on any atom is -0.392 e. The number of hydrogen-bond acceptors (Lipinski definition) is 3. The Morgan fingerprint density at radius 1 is 1.60 bits per heavy atom. The molecule has 0 radical (unpaired) electrons. The standard InChI is InChI=1S/C11H19N3O/c1-14-8-9(7-13-14)5-6-12-10-3-2-4-11(10)15/h7-8,10-12,15H,2-6H2,1H3/t10-,11-/m1/s1. The van der Waals surface area contributed by atoms with Crippen molar-refractivity contribution in [3.05, 3.63) is 18.0 Å². The van der Waals surface area contributed by atoms with Crippen LogP contribution in [0.2, 0.25) is 0 Å². The van der Waals surface area contributed by atoms with Crippen LogP contribution in [-0.4, -0.2) is 33.6 Å². The summed E-state index contributed by atoms with van der Waals surface area (Å²) in [6.45, 7) is 0.924. The van der Waals surface area contributed by atoms with Gasteiger partial charge in [-0.1, -0.05) is 0 Å². The number of nitrogens with one attached hydrogen (secondary N) is 1. The fraction of sp³-hybridized carbons (Fsp3) is 0.727. The number of aryl methyl sites for hydroxylation is 1. The zero-order chi connectivity index (χ0) is 10.7. The lowest BCUT2D eigenvalue weighted by Gasteiger charge is -2.15. The van der Waals surface area contributed by atoms with E-state index in [1.165, 1.54) is 5.56 Å².